The third-order valence-corrected chi connectivity index (χ3v) is 3.15. The molecule has 0 atom stereocenters. The van der Waals surface area contributed by atoms with Gasteiger partial charge in [0.25, 0.3) is 0 Å². The molecule has 22 heavy (non-hydrogen) atoms. The Morgan fingerprint density at radius 2 is 1.68 bits per heavy atom. The van der Waals surface area contributed by atoms with Crippen LogP contribution in [0.3, 0.4) is 0 Å². The van der Waals surface area contributed by atoms with E-state index in [0.717, 1.165) is 25.2 Å². The van der Waals surface area contributed by atoms with Crippen LogP contribution in [0, 0.1) is 0 Å². The van der Waals surface area contributed by atoms with Crippen LogP contribution in [-0.2, 0) is 6.42 Å². The van der Waals surface area contributed by atoms with Crippen LogP contribution < -0.4 is 16.0 Å². The Balaban J connectivity index is 1.49. The smallest absolute Gasteiger partial charge is 0.314 e. The highest BCUT2D eigenvalue weighted by Gasteiger charge is 1.99. The fraction of sp³-hybridized carbons (Fsp3) is 0.294. The third-order valence-electron chi connectivity index (χ3n) is 3.15. The number of carbonyl (C=O) groups is 1. The average molecular weight is 298 g/mol. The van der Waals surface area contributed by atoms with Crippen molar-refractivity contribution in [3.05, 3.63) is 60.3 Å². The summed E-state index contributed by atoms with van der Waals surface area (Å²) in [5, 5.41) is 8.90. The van der Waals surface area contributed by atoms with E-state index in [4.69, 9.17) is 0 Å². The quantitative estimate of drug-likeness (QED) is 0.656. The first-order valence-electron chi connectivity index (χ1n) is 7.55. The van der Waals surface area contributed by atoms with E-state index >= 15 is 0 Å². The maximum atomic E-state index is 11.6. The van der Waals surface area contributed by atoms with Crippen molar-refractivity contribution in [2.45, 2.75) is 12.8 Å². The molecule has 1 aromatic heterocycles. The van der Waals surface area contributed by atoms with Crippen LogP contribution in [0.25, 0.3) is 0 Å². The number of pyridine rings is 1. The predicted octanol–water partition coefficient (Wildman–Crippen LogP) is 2.43. The Kier molecular flexibility index (Phi) is 6.75. The van der Waals surface area contributed by atoms with Crippen molar-refractivity contribution in [3.63, 3.8) is 0 Å². The molecule has 5 heteroatoms. The number of rotatable bonds is 8. The number of benzene rings is 1. The first-order valence-corrected chi connectivity index (χ1v) is 7.55. The topological polar surface area (TPSA) is 66.0 Å². The number of aromatic nitrogens is 1. The molecule has 0 radical (unpaired) electrons. The molecule has 0 bridgehead atoms. The van der Waals surface area contributed by atoms with Gasteiger partial charge < -0.3 is 16.0 Å². The summed E-state index contributed by atoms with van der Waals surface area (Å²) in [6.07, 6.45) is 3.44. The van der Waals surface area contributed by atoms with Crippen LogP contribution in [0.1, 0.15) is 12.0 Å². The minimum Gasteiger partial charge on any atom is -0.370 e. The summed E-state index contributed by atoms with van der Waals surface area (Å²) in [6.45, 7) is 2.06. The van der Waals surface area contributed by atoms with E-state index < -0.39 is 0 Å². The highest BCUT2D eigenvalue weighted by atomic mass is 16.2. The molecule has 2 rings (SSSR count). The number of hydrogen-bond donors (Lipinski definition) is 3. The van der Waals surface area contributed by atoms with E-state index in [1.165, 1.54) is 5.56 Å². The van der Waals surface area contributed by atoms with E-state index in [0.29, 0.717) is 13.1 Å². The lowest BCUT2D eigenvalue weighted by atomic mass is 10.1. The van der Waals surface area contributed by atoms with Crippen molar-refractivity contribution >= 4 is 11.8 Å². The lowest BCUT2D eigenvalue weighted by Gasteiger charge is -2.08. The zero-order chi connectivity index (χ0) is 15.5. The van der Waals surface area contributed by atoms with Gasteiger partial charge in [-0.2, -0.15) is 0 Å². The molecule has 0 fully saturated rings. The van der Waals surface area contributed by atoms with Crippen LogP contribution in [0.2, 0.25) is 0 Å². The normalized spacial score (nSPS) is 10.0. The van der Waals surface area contributed by atoms with Gasteiger partial charge in [0.1, 0.15) is 5.82 Å². The van der Waals surface area contributed by atoms with Crippen LogP contribution in [0.5, 0.6) is 0 Å². The number of nitrogens with zero attached hydrogens (tertiary/aromatic N) is 1. The molecule has 0 aliphatic rings. The van der Waals surface area contributed by atoms with Gasteiger partial charge in [-0.25, -0.2) is 9.78 Å². The average Bonchev–Trinajstić information content (AvgIpc) is 2.56. The molecule has 1 aromatic carbocycles. The number of urea groups is 1. The maximum Gasteiger partial charge on any atom is 0.314 e. The van der Waals surface area contributed by atoms with Crippen molar-refractivity contribution in [1.82, 2.24) is 15.6 Å². The van der Waals surface area contributed by atoms with Crippen LogP contribution in [0.4, 0.5) is 10.6 Å². The molecular weight excluding hydrogens is 276 g/mol. The molecule has 116 valence electrons. The van der Waals surface area contributed by atoms with Crippen molar-refractivity contribution in [2.24, 2.45) is 0 Å². The van der Waals surface area contributed by atoms with Gasteiger partial charge in [0, 0.05) is 25.8 Å². The highest BCUT2D eigenvalue weighted by Crippen LogP contribution is 1.99. The Bertz CT molecular complexity index is 545. The summed E-state index contributed by atoms with van der Waals surface area (Å²) in [5.41, 5.74) is 1.22. The fourth-order valence-electron chi connectivity index (χ4n) is 2.00. The largest absolute Gasteiger partial charge is 0.370 e. The van der Waals surface area contributed by atoms with Crippen molar-refractivity contribution in [1.29, 1.82) is 0 Å². The SMILES string of the molecule is O=C(NCCCNc1ccccn1)NCCc1ccccc1. The lowest BCUT2D eigenvalue weighted by Crippen LogP contribution is -2.37. The zero-order valence-electron chi connectivity index (χ0n) is 12.6. The van der Waals surface area contributed by atoms with Gasteiger partial charge in [0.05, 0.1) is 0 Å². The summed E-state index contributed by atoms with van der Waals surface area (Å²) < 4.78 is 0. The minimum atomic E-state index is -0.117. The molecule has 0 aliphatic carbocycles. The summed E-state index contributed by atoms with van der Waals surface area (Å²) in [6, 6.07) is 15.7. The predicted molar refractivity (Wildman–Crippen MR) is 88.9 cm³/mol. The van der Waals surface area contributed by atoms with Crippen molar-refractivity contribution in [3.8, 4) is 0 Å². The van der Waals surface area contributed by atoms with Crippen LogP contribution in [0.15, 0.2) is 54.7 Å². The molecule has 2 aromatic rings. The number of carbonyl (C=O) groups excluding carboxylic acids is 1. The molecule has 5 nitrogen and oxygen atoms in total. The maximum absolute atomic E-state index is 11.6. The number of hydrogen-bond acceptors (Lipinski definition) is 3. The Labute approximate surface area is 131 Å². The van der Waals surface area contributed by atoms with E-state index in [1.54, 1.807) is 6.20 Å². The Morgan fingerprint density at radius 3 is 2.45 bits per heavy atom. The Hall–Kier alpha value is -2.56. The minimum absolute atomic E-state index is 0.117. The molecule has 0 unspecified atom stereocenters. The summed E-state index contributed by atoms with van der Waals surface area (Å²) in [5.74, 6) is 0.856. The summed E-state index contributed by atoms with van der Waals surface area (Å²) in [4.78, 5) is 15.8. The van der Waals surface area contributed by atoms with Gasteiger partial charge in [-0.15, -0.1) is 0 Å². The summed E-state index contributed by atoms with van der Waals surface area (Å²) >= 11 is 0. The number of anilines is 1. The molecule has 0 spiro atoms. The van der Waals surface area contributed by atoms with Gasteiger partial charge in [0.15, 0.2) is 0 Å². The van der Waals surface area contributed by atoms with Crippen molar-refractivity contribution < 1.29 is 4.79 Å². The second-order valence-corrected chi connectivity index (χ2v) is 4.91. The van der Waals surface area contributed by atoms with Gasteiger partial charge in [0.2, 0.25) is 0 Å². The van der Waals surface area contributed by atoms with Gasteiger partial charge in [-0.05, 0) is 30.5 Å². The van der Waals surface area contributed by atoms with Crippen molar-refractivity contribution in [2.75, 3.05) is 25.0 Å². The second-order valence-electron chi connectivity index (χ2n) is 4.91. The Morgan fingerprint density at radius 1 is 0.909 bits per heavy atom. The van der Waals surface area contributed by atoms with E-state index in [2.05, 4.69) is 33.1 Å². The second kappa shape index (κ2) is 9.39. The molecular formula is C17H22N4O. The lowest BCUT2D eigenvalue weighted by molar-refractivity contribution is 0.241. The van der Waals surface area contributed by atoms with Crippen LogP contribution in [-0.4, -0.2) is 30.6 Å². The van der Waals surface area contributed by atoms with Gasteiger partial charge in [-0.1, -0.05) is 36.4 Å². The van der Waals surface area contributed by atoms with Gasteiger partial charge >= 0.3 is 6.03 Å². The first-order chi connectivity index (χ1) is 10.8. The zero-order valence-corrected chi connectivity index (χ0v) is 12.6. The first kappa shape index (κ1) is 15.8. The molecule has 0 saturated carbocycles. The molecule has 0 saturated heterocycles. The number of amides is 2. The highest BCUT2D eigenvalue weighted by molar-refractivity contribution is 5.73. The third kappa shape index (κ3) is 6.26. The fourth-order valence-corrected chi connectivity index (χ4v) is 2.00. The molecule has 3 N–H and O–H groups in total. The molecule has 0 aliphatic heterocycles. The monoisotopic (exact) mass is 298 g/mol. The van der Waals surface area contributed by atoms with E-state index in [-0.39, 0.29) is 6.03 Å². The number of nitrogens with one attached hydrogen (secondary N) is 3. The van der Waals surface area contributed by atoms with Gasteiger partial charge in [-0.3, -0.25) is 0 Å². The van der Waals surface area contributed by atoms with E-state index in [1.807, 2.05) is 36.4 Å². The van der Waals surface area contributed by atoms with E-state index in [9.17, 15) is 4.79 Å². The summed E-state index contributed by atoms with van der Waals surface area (Å²) in [7, 11) is 0. The van der Waals surface area contributed by atoms with Crippen LogP contribution >= 0.6 is 0 Å². The standard InChI is InChI=1S/C17H22N4O/c22-17(21-14-10-15-7-2-1-3-8-15)20-13-6-12-19-16-9-4-5-11-18-16/h1-5,7-9,11H,6,10,12-14H2,(H,18,19)(H2,20,21,22). The molecule has 2 amide bonds. The molecule has 1 heterocycles.